The molecule has 2 aliphatic carbocycles. The molecular formula is C11H18O3. The van der Waals surface area contributed by atoms with Crippen molar-refractivity contribution in [1.82, 2.24) is 0 Å². The molecule has 80 valence electrons. The lowest BCUT2D eigenvalue weighted by Gasteiger charge is -2.31. The highest BCUT2D eigenvalue weighted by atomic mass is 16.6. The Hall–Kier alpha value is -0.120. The van der Waals surface area contributed by atoms with Crippen molar-refractivity contribution in [3.8, 4) is 0 Å². The zero-order valence-electron chi connectivity index (χ0n) is 9.08. The summed E-state index contributed by atoms with van der Waals surface area (Å²) < 4.78 is 17.4. The number of hydrogen-bond donors (Lipinski definition) is 0. The fourth-order valence-electron chi connectivity index (χ4n) is 3.69. The van der Waals surface area contributed by atoms with Gasteiger partial charge in [0.15, 0.2) is 0 Å². The molecule has 0 amide bonds. The first-order chi connectivity index (χ1) is 6.67. The molecule has 5 atom stereocenters. The van der Waals surface area contributed by atoms with Gasteiger partial charge in [0.1, 0.15) is 11.7 Å². The Labute approximate surface area is 84.7 Å². The molecule has 1 heterocycles. The second-order valence-electron chi connectivity index (χ2n) is 5.06. The van der Waals surface area contributed by atoms with Crippen molar-refractivity contribution < 1.29 is 14.2 Å². The Kier molecular flexibility index (Phi) is 1.64. The number of methoxy groups -OCH3 is 2. The Morgan fingerprint density at radius 2 is 1.93 bits per heavy atom. The fraction of sp³-hybridized carbons (Fsp3) is 1.00. The van der Waals surface area contributed by atoms with Gasteiger partial charge in [0, 0.05) is 20.6 Å². The number of ether oxygens (including phenoxy) is 3. The Balaban J connectivity index is 1.93. The van der Waals surface area contributed by atoms with Crippen molar-refractivity contribution in [3.63, 3.8) is 0 Å². The average Bonchev–Trinajstić information content (AvgIpc) is 2.66. The molecule has 0 N–H and O–H groups in total. The number of fused-ring (bicyclic) bond motifs is 3. The van der Waals surface area contributed by atoms with E-state index in [2.05, 4.69) is 6.92 Å². The molecule has 3 heteroatoms. The van der Waals surface area contributed by atoms with Gasteiger partial charge < -0.3 is 14.2 Å². The fourth-order valence-corrected chi connectivity index (χ4v) is 3.69. The van der Waals surface area contributed by atoms with Gasteiger partial charge in [0.25, 0.3) is 0 Å². The molecule has 1 unspecified atom stereocenters. The lowest BCUT2D eigenvalue weighted by atomic mass is 9.91. The van der Waals surface area contributed by atoms with Gasteiger partial charge in [-0.15, -0.1) is 0 Å². The maximum atomic E-state index is 5.98. The molecule has 0 bridgehead atoms. The first-order valence-electron chi connectivity index (χ1n) is 5.42. The summed E-state index contributed by atoms with van der Waals surface area (Å²) in [6.45, 7) is 2.12. The van der Waals surface area contributed by atoms with E-state index in [1.54, 1.807) is 7.11 Å². The summed E-state index contributed by atoms with van der Waals surface area (Å²) in [6, 6.07) is 0. The summed E-state index contributed by atoms with van der Waals surface area (Å²) in [6.07, 6.45) is 3.78. The summed E-state index contributed by atoms with van der Waals surface area (Å²) in [5.41, 5.74) is -0.0425. The highest BCUT2D eigenvalue weighted by Crippen LogP contribution is 2.66. The van der Waals surface area contributed by atoms with Gasteiger partial charge in [0.05, 0.1) is 11.7 Å². The van der Waals surface area contributed by atoms with Crippen molar-refractivity contribution in [3.05, 3.63) is 0 Å². The molecule has 3 nitrogen and oxygen atoms in total. The van der Waals surface area contributed by atoms with E-state index >= 15 is 0 Å². The third kappa shape index (κ3) is 0.841. The minimum Gasteiger partial charge on any atom is -0.375 e. The van der Waals surface area contributed by atoms with Crippen LogP contribution in [0.2, 0.25) is 0 Å². The molecule has 3 aliphatic rings. The molecule has 14 heavy (non-hydrogen) atoms. The first kappa shape index (κ1) is 9.13. The second kappa shape index (κ2) is 2.52. The van der Waals surface area contributed by atoms with Crippen LogP contribution in [0.4, 0.5) is 0 Å². The molecule has 0 aromatic heterocycles. The van der Waals surface area contributed by atoms with Crippen LogP contribution < -0.4 is 0 Å². The van der Waals surface area contributed by atoms with Crippen LogP contribution in [0.1, 0.15) is 26.2 Å². The van der Waals surface area contributed by atoms with Crippen LogP contribution in [0, 0.1) is 5.92 Å². The highest BCUT2D eigenvalue weighted by molar-refractivity contribution is 5.26. The predicted octanol–water partition coefficient (Wildman–Crippen LogP) is 1.36. The average molecular weight is 198 g/mol. The summed E-state index contributed by atoms with van der Waals surface area (Å²) in [4.78, 5) is 0. The summed E-state index contributed by atoms with van der Waals surface area (Å²) >= 11 is 0. The van der Waals surface area contributed by atoms with E-state index in [1.807, 2.05) is 7.11 Å². The van der Waals surface area contributed by atoms with Crippen LogP contribution in [0.25, 0.3) is 0 Å². The van der Waals surface area contributed by atoms with Gasteiger partial charge in [0.2, 0.25) is 0 Å². The lowest BCUT2D eigenvalue weighted by molar-refractivity contribution is -0.119. The molecule has 3 rings (SSSR count). The van der Waals surface area contributed by atoms with E-state index in [0.29, 0.717) is 12.0 Å². The van der Waals surface area contributed by atoms with Crippen molar-refractivity contribution in [2.45, 2.75) is 49.6 Å². The zero-order chi connectivity index (χ0) is 9.97. The van der Waals surface area contributed by atoms with Gasteiger partial charge in [-0.1, -0.05) is 0 Å². The van der Waals surface area contributed by atoms with Crippen molar-refractivity contribution in [2.75, 3.05) is 14.2 Å². The van der Waals surface area contributed by atoms with E-state index < -0.39 is 0 Å². The predicted molar refractivity (Wildman–Crippen MR) is 51.2 cm³/mol. The van der Waals surface area contributed by atoms with Crippen LogP contribution in [-0.4, -0.2) is 37.6 Å². The topological polar surface area (TPSA) is 27.7 Å². The van der Waals surface area contributed by atoms with Crippen molar-refractivity contribution >= 4 is 0 Å². The van der Waals surface area contributed by atoms with Crippen LogP contribution in [0.5, 0.6) is 0 Å². The zero-order valence-corrected chi connectivity index (χ0v) is 9.08. The van der Waals surface area contributed by atoms with Gasteiger partial charge >= 0.3 is 0 Å². The van der Waals surface area contributed by atoms with E-state index in [-0.39, 0.29) is 17.3 Å². The van der Waals surface area contributed by atoms with E-state index in [4.69, 9.17) is 14.2 Å². The normalized spacial score (nSPS) is 59.8. The van der Waals surface area contributed by atoms with E-state index in [9.17, 15) is 0 Å². The lowest BCUT2D eigenvalue weighted by Crippen LogP contribution is -2.44. The molecule has 1 aliphatic heterocycles. The molecule has 0 spiro atoms. The molecule has 1 saturated heterocycles. The van der Waals surface area contributed by atoms with Crippen LogP contribution >= 0.6 is 0 Å². The maximum Gasteiger partial charge on any atom is 0.116 e. The molecule has 0 aromatic carbocycles. The van der Waals surface area contributed by atoms with Gasteiger partial charge in [-0.05, 0) is 25.7 Å². The monoisotopic (exact) mass is 198 g/mol. The minimum absolute atomic E-state index is 0.000764. The molecule has 3 fully saturated rings. The summed E-state index contributed by atoms with van der Waals surface area (Å²) in [5, 5.41) is 0. The van der Waals surface area contributed by atoms with Crippen LogP contribution in [0.3, 0.4) is 0 Å². The third-order valence-electron chi connectivity index (χ3n) is 4.40. The van der Waals surface area contributed by atoms with E-state index in [0.717, 1.165) is 19.3 Å². The van der Waals surface area contributed by atoms with Crippen molar-refractivity contribution in [2.24, 2.45) is 5.92 Å². The molecule has 0 aromatic rings. The molecular weight excluding hydrogens is 180 g/mol. The highest BCUT2D eigenvalue weighted by Gasteiger charge is 2.76. The summed E-state index contributed by atoms with van der Waals surface area (Å²) in [7, 11) is 3.61. The largest absolute Gasteiger partial charge is 0.375 e. The van der Waals surface area contributed by atoms with Crippen LogP contribution in [0.15, 0.2) is 0 Å². The smallest absolute Gasteiger partial charge is 0.116 e. The number of rotatable bonds is 2. The summed E-state index contributed by atoms with van der Waals surface area (Å²) in [5.74, 6) is 0.671. The first-order valence-corrected chi connectivity index (χ1v) is 5.42. The third-order valence-corrected chi connectivity index (χ3v) is 4.40. The molecule has 2 saturated carbocycles. The van der Waals surface area contributed by atoms with E-state index in [1.165, 1.54) is 0 Å². The van der Waals surface area contributed by atoms with Crippen LogP contribution in [-0.2, 0) is 14.2 Å². The minimum atomic E-state index is -0.0433. The SMILES string of the molecule is CO[C@]12C[C@@H]3C[C@]3(OC)C1O[C@@H](C)C2. The van der Waals surface area contributed by atoms with Gasteiger partial charge in [-0.2, -0.15) is 0 Å². The Morgan fingerprint density at radius 3 is 2.57 bits per heavy atom. The second-order valence-corrected chi connectivity index (χ2v) is 5.06. The van der Waals surface area contributed by atoms with Crippen molar-refractivity contribution in [1.29, 1.82) is 0 Å². The van der Waals surface area contributed by atoms with Gasteiger partial charge in [-0.25, -0.2) is 0 Å². The Morgan fingerprint density at radius 1 is 1.14 bits per heavy atom. The quantitative estimate of drug-likeness (QED) is 0.670. The maximum absolute atomic E-state index is 5.98. The standard InChI is InChI=1S/C11H18O3/c1-7-4-10(12-2)5-8-6-11(8,13-3)9(10)14-7/h7-9H,4-6H2,1-3H3/t7-,8+,9?,10+,11+/m0/s1. The molecule has 0 radical (unpaired) electrons. The van der Waals surface area contributed by atoms with Gasteiger partial charge in [-0.3, -0.25) is 0 Å². The Bertz CT molecular complexity index is 263. The number of hydrogen-bond acceptors (Lipinski definition) is 3.